The van der Waals surface area contributed by atoms with Gasteiger partial charge in [0.15, 0.2) is 0 Å². The summed E-state index contributed by atoms with van der Waals surface area (Å²) in [6.07, 6.45) is -2.87. The van der Waals surface area contributed by atoms with Crippen molar-refractivity contribution in [2.45, 2.75) is 13.0 Å². The van der Waals surface area contributed by atoms with Crippen LogP contribution >= 0.6 is 22.6 Å². The Bertz CT molecular complexity index is 317. The molecule has 0 bridgehead atoms. The monoisotopic (exact) mass is 302 g/mol. The molecule has 13 heavy (non-hydrogen) atoms. The summed E-state index contributed by atoms with van der Waals surface area (Å²) in [7, 11) is 0. The van der Waals surface area contributed by atoms with Gasteiger partial charge in [0.25, 0.3) is 6.43 Å². The molecule has 0 aliphatic heterocycles. The van der Waals surface area contributed by atoms with Crippen LogP contribution in [0, 0.1) is 9.52 Å². The van der Waals surface area contributed by atoms with Gasteiger partial charge < -0.3 is 5.73 Å². The Kier molecular flexibility index (Phi) is 3.48. The van der Waals surface area contributed by atoms with Gasteiger partial charge in [-0.1, -0.05) is 0 Å². The number of hydrogen-bond acceptors (Lipinski definition) is 2. The van der Waals surface area contributed by atoms with Gasteiger partial charge in [0.05, 0.1) is 11.3 Å². The molecule has 72 valence electrons. The van der Waals surface area contributed by atoms with E-state index >= 15 is 0 Å². The van der Waals surface area contributed by atoms with Crippen molar-refractivity contribution in [2.24, 2.45) is 5.73 Å². The lowest BCUT2D eigenvalue weighted by atomic mass is 10.2. The van der Waals surface area contributed by atoms with Gasteiger partial charge in [-0.15, -0.1) is 0 Å². The molecule has 0 aliphatic carbocycles. The maximum Gasteiger partial charge on any atom is 0.268 e. The highest BCUT2D eigenvalue weighted by molar-refractivity contribution is 14.1. The first-order valence-electron chi connectivity index (χ1n) is 3.39. The first-order chi connectivity index (χ1) is 6.06. The van der Waals surface area contributed by atoms with Gasteiger partial charge in [0.1, 0.15) is 9.52 Å². The molecule has 2 nitrogen and oxygen atoms in total. The second-order valence-corrected chi connectivity index (χ2v) is 3.40. The van der Waals surface area contributed by atoms with Crippen LogP contribution in [0.1, 0.15) is 17.7 Å². The van der Waals surface area contributed by atoms with Crippen molar-refractivity contribution in [3.8, 4) is 0 Å². The standard InChI is InChI=1S/C7H6F3IN2/c8-3-1-5(11)13-4(2-12)6(3)7(9)10/h1,7H,2,12H2. The number of rotatable bonds is 2. The van der Waals surface area contributed by atoms with Crippen LogP contribution in [0.15, 0.2) is 6.07 Å². The smallest absolute Gasteiger partial charge is 0.268 e. The molecule has 0 aliphatic rings. The van der Waals surface area contributed by atoms with Crippen molar-refractivity contribution in [3.63, 3.8) is 0 Å². The third kappa shape index (κ3) is 2.31. The quantitative estimate of drug-likeness (QED) is 0.672. The molecule has 1 aromatic rings. The van der Waals surface area contributed by atoms with Crippen LogP contribution in [-0.2, 0) is 6.54 Å². The molecule has 0 unspecified atom stereocenters. The largest absolute Gasteiger partial charge is 0.325 e. The number of aromatic nitrogens is 1. The number of alkyl halides is 2. The molecule has 0 saturated carbocycles. The van der Waals surface area contributed by atoms with Crippen molar-refractivity contribution >= 4 is 22.6 Å². The fraction of sp³-hybridized carbons (Fsp3) is 0.286. The van der Waals surface area contributed by atoms with E-state index in [0.29, 0.717) is 3.70 Å². The summed E-state index contributed by atoms with van der Waals surface area (Å²) < 4.78 is 37.8. The number of nitrogens with zero attached hydrogens (tertiary/aromatic N) is 1. The van der Waals surface area contributed by atoms with Gasteiger partial charge in [-0.05, 0) is 22.6 Å². The Morgan fingerprint density at radius 1 is 1.54 bits per heavy atom. The molecule has 1 rings (SSSR count). The molecule has 1 heterocycles. The van der Waals surface area contributed by atoms with E-state index < -0.39 is 17.8 Å². The van der Waals surface area contributed by atoms with Crippen molar-refractivity contribution in [1.82, 2.24) is 4.98 Å². The molecule has 2 N–H and O–H groups in total. The normalized spacial score (nSPS) is 10.9. The van der Waals surface area contributed by atoms with Gasteiger partial charge in [-0.2, -0.15) is 0 Å². The van der Waals surface area contributed by atoms with Crippen LogP contribution in [0.5, 0.6) is 0 Å². The Labute approximate surface area is 86.5 Å². The van der Waals surface area contributed by atoms with E-state index in [0.717, 1.165) is 6.07 Å². The summed E-state index contributed by atoms with van der Waals surface area (Å²) in [5.41, 5.74) is 4.38. The number of pyridine rings is 1. The lowest BCUT2D eigenvalue weighted by Crippen LogP contribution is -2.08. The van der Waals surface area contributed by atoms with E-state index in [9.17, 15) is 13.2 Å². The van der Waals surface area contributed by atoms with Crippen molar-refractivity contribution in [3.05, 3.63) is 26.8 Å². The predicted molar refractivity (Wildman–Crippen MR) is 49.8 cm³/mol. The zero-order valence-corrected chi connectivity index (χ0v) is 8.56. The zero-order valence-electron chi connectivity index (χ0n) is 6.40. The third-order valence-electron chi connectivity index (χ3n) is 1.47. The van der Waals surface area contributed by atoms with Crippen molar-refractivity contribution in [2.75, 3.05) is 0 Å². The maximum atomic E-state index is 13.0. The minimum Gasteiger partial charge on any atom is -0.325 e. The highest BCUT2D eigenvalue weighted by Gasteiger charge is 2.19. The molecule has 1 aromatic heterocycles. The van der Waals surface area contributed by atoms with Crippen LogP contribution in [0.25, 0.3) is 0 Å². The highest BCUT2D eigenvalue weighted by Crippen LogP contribution is 2.25. The number of nitrogens with two attached hydrogens (primary N) is 1. The summed E-state index contributed by atoms with van der Waals surface area (Å²) in [6.45, 7) is -0.187. The molecular formula is C7H6F3IN2. The van der Waals surface area contributed by atoms with Crippen LogP contribution < -0.4 is 5.73 Å². The van der Waals surface area contributed by atoms with E-state index in [-0.39, 0.29) is 12.2 Å². The van der Waals surface area contributed by atoms with Crippen molar-refractivity contribution < 1.29 is 13.2 Å². The van der Waals surface area contributed by atoms with Crippen LogP contribution in [0.4, 0.5) is 13.2 Å². The van der Waals surface area contributed by atoms with E-state index in [2.05, 4.69) is 4.98 Å². The van der Waals surface area contributed by atoms with Crippen LogP contribution in [0.3, 0.4) is 0 Å². The SMILES string of the molecule is NCc1nc(I)cc(F)c1C(F)F. The number of halogens is 4. The average Bonchev–Trinajstić information content (AvgIpc) is 2.01. The molecule has 0 aromatic carbocycles. The molecule has 0 fully saturated rings. The Balaban J connectivity index is 3.30. The topological polar surface area (TPSA) is 38.9 Å². The summed E-state index contributed by atoms with van der Waals surface area (Å²) in [6, 6.07) is 0.960. The molecule has 0 amide bonds. The van der Waals surface area contributed by atoms with Gasteiger partial charge in [-0.25, -0.2) is 18.2 Å². The van der Waals surface area contributed by atoms with Gasteiger partial charge in [0.2, 0.25) is 0 Å². The molecule has 0 radical (unpaired) electrons. The molecule has 0 saturated heterocycles. The zero-order chi connectivity index (χ0) is 10.0. The first kappa shape index (κ1) is 10.7. The summed E-state index contributed by atoms with van der Waals surface area (Å²) >= 11 is 1.74. The molecular weight excluding hydrogens is 296 g/mol. The minimum atomic E-state index is -2.87. The second-order valence-electron chi connectivity index (χ2n) is 2.29. The Hall–Kier alpha value is -0.370. The van der Waals surface area contributed by atoms with E-state index in [1.54, 1.807) is 22.6 Å². The lowest BCUT2D eigenvalue weighted by molar-refractivity contribution is 0.144. The van der Waals surface area contributed by atoms with Crippen LogP contribution in [-0.4, -0.2) is 4.98 Å². The molecule has 6 heteroatoms. The summed E-state index contributed by atoms with van der Waals surface area (Å²) in [4.78, 5) is 3.72. The summed E-state index contributed by atoms with van der Waals surface area (Å²) in [5, 5.41) is 0. The summed E-state index contributed by atoms with van der Waals surface area (Å²) in [5.74, 6) is -0.949. The van der Waals surface area contributed by atoms with E-state index in [4.69, 9.17) is 5.73 Å². The maximum absolute atomic E-state index is 13.0. The third-order valence-corrected chi connectivity index (χ3v) is 2.02. The van der Waals surface area contributed by atoms with Crippen molar-refractivity contribution in [1.29, 1.82) is 0 Å². The van der Waals surface area contributed by atoms with Gasteiger partial charge >= 0.3 is 0 Å². The van der Waals surface area contributed by atoms with Crippen LogP contribution in [0.2, 0.25) is 0 Å². The van der Waals surface area contributed by atoms with E-state index in [1.807, 2.05) is 0 Å². The molecule has 0 spiro atoms. The fourth-order valence-electron chi connectivity index (χ4n) is 0.927. The minimum absolute atomic E-state index is 0.0839. The fourth-order valence-corrected chi connectivity index (χ4v) is 1.49. The first-order valence-corrected chi connectivity index (χ1v) is 4.47. The highest BCUT2D eigenvalue weighted by atomic mass is 127. The molecule has 0 atom stereocenters. The van der Waals surface area contributed by atoms with Gasteiger partial charge in [-0.3, -0.25) is 0 Å². The van der Waals surface area contributed by atoms with E-state index in [1.165, 1.54) is 0 Å². The Morgan fingerprint density at radius 2 is 2.15 bits per heavy atom. The second kappa shape index (κ2) is 4.23. The van der Waals surface area contributed by atoms with Gasteiger partial charge in [0, 0.05) is 12.6 Å². The average molecular weight is 302 g/mol. The Morgan fingerprint density at radius 3 is 2.62 bits per heavy atom. The predicted octanol–water partition coefficient (Wildman–Crippen LogP) is 2.22. The number of hydrogen-bond donors (Lipinski definition) is 1. The lowest BCUT2D eigenvalue weighted by Gasteiger charge is -2.07.